The molecular formula is C17H30N2. The molecule has 0 saturated heterocycles. The van der Waals surface area contributed by atoms with E-state index in [4.69, 9.17) is 0 Å². The van der Waals surface area contributed by atoms with Gasteiger partial charge in [0.05, 0.1) is 0 Å². The zero-order valence-electron chi connectivity index (χ0n) is 13.5. The summed E-state index contributed by atoms with van der Waals surface area (Å²) in [5.74, 6) is 0. The highest BCUT2D eigenvalue weighted by atomic mass is 15.2. The molecule has 0 amide bonds. The van der Waals surface area contributed by atoms with Gasteiger partial charge in [-0.1, -0.05) is 38.1 Å². The van der Waals surface area contributed by atoms with Crippen LogP contribution in [-0.2, 0) is 12.8 Å². The quantitative estimate of drug-likeness (QED) is 0.812. The van der Waals surface area contributed by atoms with Crippen molar-refractivity contribution in [3.8, 4) is 0 Å². The van der Waals surface area contributed by atoms with Crippen molar-refractivity contribution >= 4 is 0 Å². The van der Waals surface area contributed by atoms with Crippen molar-refractivity contribution in [1.82, 2.24) is 10.2 Å². The Kier molecular flexibility index (Phi) is 6.02. The lowest BCUT2D eigenvalue weighted by molar-refractivity contribution is 0.116. The number of rotatable bonds is 7. The first-order valence-electron chi connectivity index (χ1n) is 7.40. The molecule has 0 aromatic heterocycles. The molecule has 1 rings (SSSR count). The van der Waals surface area contributed by atoms with E-state index in [1.807, 2.05) is 0 Å². The van der Waals surface area contributed by atoms with Crippen molar-refractivity contribution < 1.29 is 0 Å². The standard InChI is InChI=1S/C17H30N2/c1-7-14-9-11-15(12-10-14)13-16(18-4)17(3,8-2)19(5)6/h9-12,16,18H,7-8,13H2,1-6H3. The Labute approximate surface area is 119 Å². The van der Waals surface area contributed by atoms with Crippen LogP contribution in [0, 0.1) is 0 Å². The van der Waals surface area contributed by atoms with Crippen LogP contribution in [0.3, 0.4) is 0 Å². The van der Waals surface area contributed by atoms with Gasteiger partial charge in [-0.2, -0.15) is 0 Å². The lowest BCUT2D eigenvalue weighted by Crippen LogP contribution is -2.56. The van der Waals surface area contributed by atoms with Crippen molar-refractivity contribution in [2.45, 2.75) is 51.6 Å². The minimum atomic E-state index is 0.179. The van der Waals surface area contributed by atoms with Crippen LogP contribution in [0.15, 0.2) is 24.3 Å². The van der Waals surface area contributed by atoms with Crippen molar-refractivity contribution in [2.24, 2.45) is 0 Å². The van der Waals surface area contributed by atoms with Crippen LogP contribution in [0.2, 0.25) is 0 Å². The van der Waals surface area contributed by atoms with Gasteiger partial charge in [-0.15, -0.1) is 0 Å². The molecule has 108 valence electrons. The second kappa shape index (κ2) is 7.06. The van der Waals surface area contributed by atoms with E-state index >= 15 is 0 Å². The zero-order valence-corrected chi connectivity index (χ0v) is 13.5. The van der Waals surface area contributed by atoms with E-state index in [-0.39, 0.29) is 5.54 Å². The molecule has 19 heavy (non-hydrogen) atoms. The van der Waals surface area contributed by atoms with Crippen LogP contribution in [-0.4, -0.2) is 37.6 Å². The highest BCUT2D eigenvalue weighted by Gasteiger charge is 2.33. The van der Waals surface area contributed by atoms with Crippen LogP contribution in [0.4, 0.5) is 0 Å². The Morgan fingerprint density at radius 1 is 1.11 bits per heavy atom. The molecule has 0 aliphatic carbocycles. The van der Waals surface area contributed by atoms with E-state index in [1.165, 1.54) is 11.1 Å². The minimum Gasteiger partial charge on any atom is -0.315 e. The Balaban J connectivity index is 2.86. The summed E-state index contributed by atoms with van der Waals surface area (Å²) in [6, 6.07) is 9.51. The first-order chi connectivity index (χ1) is 8.97. The van der Waals surface area contributed by atoms with Crippen molar-refractivity contribution in [3.05, 3.63) is 35.4 Å². The average Bonchev–Trinajstić information content (AvgIpc) is 2.44. The third-order valence-electron chi connectivity index (χ3n) is 4.71. The molecule has 0 aliphatic heterocycles. The summed E-state index contributed by atoms with van der Waals surface area (Å²) in [6.07, 6.45) is 3.32. The van der Waals surface area contributed by atoms with Gasteiger partial charge in [0.2, 0.25) is 0 Å². The Morgan fingerprint density at radius 3 is 2.00 bits per heavy atom. The van der Waals surface area contributed by atoms with Gasteiger partial charge in [0, 0.05) is 11.6 Å². The largest absolute Gasteiger partial charge is 0.315 e. The molecule has 1 aromatic carbocycles. The van der Waals surface area contributed by atoms with Gasteiger partial charge in [-0.3, -0.25) is 0 Å². The highest BCUT2D eigenvalue weighted by molar-refractivity contribution is 5.24. The zero-order chi connectivity index (χ0) is 14.5. The van der Waals surface area contributed by atoms with Gasteiger partial charge in [0.15, 0.2) is 0 Å². The Bertz CT molecular complexity index is 369. The van der Waals surface area contributed by atoms with Gasteiger partial charge in [-0.25, -0.2) is 0 Å². The molecule has 0 saturated carbocycles. The van der Waals surface area contributed by atoms with Gasteiger partial charge >= 0.3 is 0 Å². The third-order valence-corrected chi connectivity index (χ3v) is 4.71. The van der Waals surface area contributed by atoms with Crippen molar-refractivity contribution in [3.63, 3.8) is 0 Å². The first kappa shape index (κ1) is 16.2. The molecule has 2 heteroatoms. The lowest BCUT2D eigenvalue weighted by atomic mass is 9.84. The second-order valence-corrected chi connectivity index (χ2v) is 5.82. The Hall–Kier alpha value is -0.860. The number of nitrogens with zero attached hydrogens (tertiary/aromatic N) is 1. The molecule has 2 unspecified atom stereocenters. The van der Waals surface area contributed by atoms with Crippen LogP contribution in [0.1, 0.15) is 38.3 Å². The van der Waals surface area contributed by atoms with Gasteiger partial charge < -0.3 is 10.2 Å². The van der Waals surface area contributed by atoms with E-state index in [2.05, 4.69) is 76.4 Å². The summed E-state index contributed by atoms with van der Waals surface area (Å²) in [6.45, 7) is 6.81. The molecule has 0 aliphatic rings. The molecule has 0 heterocycles. The SMILES string of the molecule is CCc1ccc(CC(NC)C(C)(CC)N(C)C)cc1. The van der Waals surface area contributed by atoms with Crippen LogP contribution >= 0.6 is 0 Å². The summed E-state index contributed by atoms with van der Waals surface area (Å²) < 4.78 is 0. The molecule has 2 nitrogen and oxygen atoms in total. The highest BCUT2D eigenvalue weighted by Crippen LogP contribution is 2.23. The topological polar surface area (TPSA) is 15.3 Å². The van der Waals surface area contributed by atoms with Crippen LogP contribution in [0.5, 0.6) is 0 Å². The summed E-state index contributed by atoms with van der Waals surface area (Å²) in [4.78, 5) is 2.34. The smallest absolute Gasteiger partial charge is 0.0328 e. The molecule has 0 radical (unpaired) electrons. The molecule has 0 bridgehead atoms. The fraction of sp³-hybridized carbons (Fsp3) is 0.647. The maximum Gasteiger partial charge on any atom is 0.0328 e. The lowest BCUT2D eigenvalue weighted by Gasteiger charge is -2.42. The molecule has 1 aromatic rings. The van der Waals surface area contributed by atoms with Crippen LogP contribution < -0.4 is 5.32 Å². The summed E-state index contributed by atoms with van der Waals surface area (Å²) >= 11 is 0. The van der Waals surface area contributed by atoms with E-state index in [0.717, 1.165) is 19.3 Å². The normalized spacial score (nSPS) is 16.4. The predicted octanol–water partition coefficient (Wildman–Crippen LogP) is 3.11. The second-order valence-electron chi connectivity index (χ2n) is 5.82. The van der Waals surface area contributed by atoms with E-state index in [9.17, 15) is 0 Å². The van der Waals surface area contributed by atoms with E-state index < -0.39 is 0 Å². The Morgan fingerprint density at radius 2 is 1.63 bits per heavy atom. The van der Waals surface area contributed by atoms with Gasteiger partial charge in [0.1, 0.15) is 0 Å². The third kappa shape index (κ3) is 3.80. The first-order valence-corrected chi connectivity index (χ1v) is 7.40. The van der Waals surface area contributed by atoms with Crippen molar-refractivity contribution in [2.75, 3.05) is 21.1 Å². The maximum absolute atomic E-state index is 3.51. The molecular weight excluding hydrogens is 232 g/mol. The number of hydrogen-bond acceptors (Lipinski definition) is 2. The van der Waals surface area contributed by atoms with Gasteiger partial charge in [-0.05, 0) is 58.5 Å². The predicted molar refractivity (Wildman–Crippen MR) is 84.8 cm³/mol. The number of benzene rings is 1. The molecule has 0 spiro atoms. The summed E-state index contributed by atoms with van der Waals surface area (Å²) in [5, 5.41) is 3.51. The van der Waals surface area contributed by atoms with Crippen molar-refractivity contribution in [1.29, 1.82) is 0 Å². The maximum atomic E-state index is 3.51. The molecule has 1 N–H and O–H groups in total. The fourth-order valence-electron chi connectivity index (χ4n) is 2.65. The van der Waals surface area contributed by atoms with Gasteiger partial charge in [0.25, 0.3) is 0 Å². The summed E-state index contributed by atoms with van der Waals surface area (Å²) in [5.41, 5.74) is 3.01. The number of aryl methyl sites for hydroxylation is 1. The van der Waals surface area contributed by atoms with E-state index in [0.29, 0.717) is 6.04 Å². The van der Waals surface area contributed by atoms with Crippen LogP contribution in [0.25, 0.3) is 0 Å². The molecule has 0 fully saturated rings. The number of likely N-dealkylation sites (N-methyl/N-ethyl adjacent to an activating group) is 2. The number of hydrogen-bond donors (Lipinski definition) is 1. The number of nitrogens with one attached hydrogen (secondary N) is 1. The minimum absolute atomic E-state index is 0.179. The average molecular weight is 262 g/mol. The fourth-order valence-corrected chi connectivity index (χ4v) is 2.65. The molecule has 2 atom stereocenters. The monoisotopic (exact) mass is 262 g/mol. The summed E-state index contributed by atoms with van der Waals surface area (Å²) in [7, 11) is 6.42. The van der Waals surface area contributed by atoms with E-state index in [1.54, 1.807) is 0 Å².